The number of rotatable bonds is 3. The Kier molecular flexibility index (Phi) is 6.28. The molecule has 0 saturated carbocycles. The maximum absolute atomic E-state index is 12.0. The third kappa shape index (κ3) is 4.86. The topological polar surface area (TPSA) is 53.2 Å². The summed E-state index contributed by atoms with van der Waals surface area (Å²) in [7, 11) is 0. The van der Waals surface area contributed by atoms with Gasteiger partial charge in [0.1, 0.15) is 0 Å². The van der Waals surface area contributed by atoms with Crippen molar-refractivity contribution in [1.29, 1.82) is 0 Å². The first-order chi connectivity index (χ1) is 10.7. The van der Waals surface area contributed by atoms with Gasteiger partial charge in [0.25, 0.3) is 0 Å². The second-order valence-corrected chi connectivity index (χ2v) is 5.84. The molecule has 2 amide bonds. The first-order valence-electron chi connectivity index (χ1n) is 7.35. The van der Waals surface area contributed by atoms with Crippen LogP contribution in [-0.2, 0) is 0 Å². The van der Waals surface area contributed by atoms with Crippen LogP contribution >= 0.6 is 24.0 Å². The fourth-order valence-corrected chi connectivity index (χ4v) is 2.83. The summed E-state index contributed by atoms with van der Waals surface area (Å²) in [5, 5.41) is 9.52. The van der Waals surface area contributed by atoms with Gasteiger partial charge in [0.2, 0.25) is 0 Å². The maximum Gasteiger partial charge on any atom is 0.323 e. The Morgan fingerprint density at radius 3 is 2.48 bits per heavy atom. The van der Waals surface area contributed by atoms with E-state index in [-0.39, 0.29) is 18.4 Å². The van der Waals surface area contributed by atoms with Crippen molar-refractivity contribution in [3.8, 4) is 0 Å². The fraction of sp³-hybridized carbons (Fsp3) is 0.235. The normalized spacial score (nSPS) is 16.5. The number of carbonyl (C=O) groups excluding carboxylic acids is 1. The number of urea groups is 1. The highest BCUT2D eigenvalue weighted by Gasteiger charge is 2.16. The van der Waals surface area contributed by atoms with Crippen molar-refractivity contribution >= 4 is 41.4 Å². The summed E-state index contributed by atoms with van der Waals surface area (Å²) in [6.45, 7) is 2.11. The average molecular weight is 352 g/mol. The lowest BCUT2D eigenvalue weighted by Gasteiger charge is -2.11. The van der Waals surface area contributed by atoms with Gasteiger partial charge in [-0.1, -0.05) is 29.8 Å². The second kappa shape index (κ2) is 8.20. The number of carbonyl (C=O) groups is 1. The van der Waals surface area contributed by atoms with E-state index < -0.39 is 0 Å². The van der Waals surface area contributed by atoms with Gasteiger partial charge in [0, 0.05) is 22.9 Å². The Bertz CT molecular complexity index is 655. The van der Waals surface area contributed by atoms with Gasteiger partial charge in [-0.05, 0) is 54.8 Å². The molecule has 0 aliphatic carbocycles. The van der Waals surface area contributed by atoms with Crippen molar-refractivity contribution in [2.75, 3.05) is 23.7 Å². The molecule has 4 nitrogen and oxygen atoms in total. The molecule has 0 aromatic heterocycles. The van der Waals surface area contributed by atoms with E-state index in [0.29, 0.717) is 16.6 Å². The summed E-state index contributed by atoms with van der Waals surface area (Å²) in [4.78, 5) is 12.0. The average Bonchev–Trinajstić information content (AvgIpc) is 3.02. The highest BCUT2D eigenvalue weighted by molar-refractivity contribution is 6.30. The molecule has 1 heterocycles. The molecule has 6 heteroatoms. The molecule has 2 aromatic rings. The molecule has 23 heavy (non-hydrogen) atoms. The molecule has 3 rings (SSSR count). The Balaban J connectivity index is 0.00000192. The molecule has 0 radical (unpaired) electrons. The van der Waals surface area contributed by atoms with E-state index in [4.69, 9.17) is 11.6 Å². The summed E-state index contributed by atoms with van der Waals surface area (Å²) < 4.78 is 0. The lowest BCUT2D eigenvalue weighted by Crippen LogP contribution is -2.19. The van der Waals surface area contributed by atoms with Crippen LogP contribution in [0.5, 0.6) is 0 Å². The Morgan fingerprint density at radius 2 is 1.83 bits per heavy atom. The Hall–Kier alpha value is -1.75. The van der Waals surface area contributed by atoms with Crippen molar-refractivity contribution in [3.63, 3.8) is 0 Å². The van der Waals surface area contributed by atoms with E-state index in [1.54, 1.807) is 24.3 Å². The molecule has 1 saturated heterocycles. The van der Waals surface area contributed by atoms with Crippen molar-refractivity contribution in [2.45, 2.75) is 12.3 Å². The number of amides is 2. The van der Waals surface area contributed by atoms with Crippen molar-refractivity contribution in [2.24, 2.45) is 0 Å². The van der Waals surface area contributed by atoms with Crippen LogP contribution in [0.3, 0.4) is 0 Å². The minimum Gasteiger partial charge on any atom is -0.316 e. The van der Waals surface area contributed by atoms with Crippen molar-refractivity contribution in [3.05, 3.63) is 59.1 Å². The molecule has 3 N–H and O–H groups in total. The quantitative estimate of drug-likeness (QED) is 0.763. The molecule has 1 unspecified atom stereocenters. The summed E-state index contributed by atoms with van der Waals surface area (Å²) in [5.41, 5.74) is 2.75. The number of hydrogen-bond acceptors (Lipinski definition) is 2. The molecule has 1 aliphatic rings. The molecular formula is C17H19Cl2N3O. The molecule has 1 atom stereocenters. The monoisotopic (exact) mass is 351 g/mol. The van der Waals surface area contributed by atoms with Gasteiger partial charge in [0.15, 0.2) is 0 Å². The predicted octanol–water partition coefficient (Wildman–Crippen LogP) is 4.48. The summed E-state index contributed by atoms with van der Waals surface area (Å²) >= 11 is 5.89. The number of halogens is 2. The SMILES string of the molecule is Cl.O=C(Nc1ccc(C2CCNC2)cc1)Nc1cccc(Cl)c1. The van der Waals surface area contributed by atoms with Gasteiger partial charge >= 0.3 is 6.03 Å². The van der Waals surface area contributed by atoms with E-state index in [0.717, 1.165) is 18.8 Å². The van der Waals surface area contributed by atoms with Gasteiger partial charge in [-0.3, -0.25) is 0 Å². The number of nitrogens with one attached hydrogen (secondary N) is 3. The van der Waals surface area contributed by atoms with Crippen LogP contribution in [0.1, 0.15) is 17.9 Å². The largest absolute Gasteiger partial charge is 0.323 e. The lowest BCUT2D eigenvalue weighted by molar-refractivity contribution is 0.262. The second-order valence-electron chi connectivity index (χ2n) is 5.40. The van der Waals surface area contributed by atoms with Gasteiger partial charge in [-0.2, -0.15) is 0 Å². The van der Waals surface area contributed by atoms with Gasteiger partial charge < -0.3 is 16.0 Å². The van der Waals surface area contributed by atoms with Crippen LogP contribution in [0.2, 0.25) is 5.02 Å². The molecule has 1 aliphatic heterocycles. The fourth-order valence-electron chi connectivity index (χ4n) is 2.64. The number of anilines is 2. The van der Waals surface area contributed by atoms with Crippen molar-refractivity contribution < 1.29 is 4.79 Å². The van der Waals surface area contributed by atoms with Gasteiger partial charge in [-0.25, -0.2) is 4.79 Å². The number of hydrogen-bond donors (Lipinski definition) is 3. The highest BCUT2D eigenvalue weighted by Crippen LogP contribution is 2.23. The third-order valence-electron chi connectivity index (χ3n) is 3.78. The first-order valence-corrected chi connectivity index (χ1v) is 7.73. The summed E-state index contributed by atoms with van der Waals surface area (Å²) in [5.74, 6) is 0.578. The summed E-state index contributed by atoms with van der Waals surface area (Å²) in [6.07, 6.45) is 1.17. The van der Waals surface area contributed by atoms with E-state index in [1.807, 2.05) is 12.1 Å². The molecule has 122 valence electrons. The van der Waals surface area contributed by atoms with Crippen LogP contribution in [0.4, 0.5) is 16.2 Å². The van der Waals surface area contributed by atoms with Crippen LogP contribution < -0.4 is 16.0 Å². The first kappa shape index (κ1) is 17.6. The van der Waals surface area contributed by atoms with Crippen LogP contribution in [0.25, 0.3) is 0 Å². The van der Waals surface area contributed by atoms with Crippen LogP contribution in [-0.4, -0.2) is 19.1 Å². The van der Waals surface area contributed by atoms with E-state index in [9.17, 15) is 4.79 Å². The molecular weight excluding hydrogens is 333 g/mol. The maximum atomic E-state index is 12.0. The Labute approximate surface area is 147 Å². The number of benzene rings is 2. The zero-order valence-corrected chi connectivity index (χ0v) is 14.1. The van der Waals surface area contributed by atoms with Gasteiger partial charge in [0.05, 0.1) is 0 Å². The Morgan fingerprint density at radius 1 is 1.09 bits per heavy atom. The molecule has 2 aromatic carbocycles. The van der Waals surface area contributed by atoms with E-state index in [1.165, 1.54) is 12.0 Å². The third-order valence-corrected chi connectivity index (χ3v) is 4.02. The van der Waals surface area contributed by atoms with Crippen molar-refractivity contribution in [1.82, 2.24) is 5.32 Å². The van der Waals surface area contributed by atoms with Crippen LogP contribution in [0, 0.1) is 0 Å². The molecule has 0 bridgehead atoms. The predicted molar refractivity (Wildman–Crippen MR) is 98.0 cm³/mol. The highest BCUT2D eigenvalue weighted by atomic mass is 35.5. The molecule has 0 spiro atoms. The van der Waals surface area contributed by atoms with Gasteiger partial charge in [-0.15, -0.1) is 12.4 Å². The van der Waals surface area contributed by atoms with E-state index in [2.05, 4.69) is 28.1 Å². The standard InChI is InChI=1S/C17H18ClN3O.ClH/c18-14-2-1-3-16(10-14)21-17(22)20-15-6-4-12(5-7-15)13-8-9-19-11-13;/h1-7,10,13,19H,8-9,11H2,(H2,20,21,22);1H. The zero-order valence-electron chi connectivity index (χ0n) is 12.5. The molecule has 1 fully saturated rings. The minimum absolute atomic E-state index is 0. The smallest absolute Gasteiger partial charge is 0.316 e. The van der Waals surface area contributed by atoms with E-state index >= 15 is 0 Å². The zero-order chi connectivity index (χ0) is 15.4. The minimum atomic E-state index is -0.280. The lowest BCUT2D eigenvalue weighted by atomic mass is 9.98. The van der Waals surface area contributed by atoms with Crippen LogP contribution in [0.15, 0.2) is 48.5 Å². The summed E-state index contributed by atoms with van der Waals surface area (Å²) in [6, 6.07) is 14.8.